The normalized spacial score (nSPS) is 30.4. The summed E-state index contributed by atoms with van der Waals surface area (Å²) in [5, 5.41) is 3.85. The first kappa shape index (κ1) is 35.6. The molecule has 11 heteroatoms. The lowest BCUT2D eigenvalue weighted by molar-refractivity contribution is -0.148. The van der Waals surface area contributed by atoms with E-state index in [2.05, 4.69) is 27.2 Å². The number of likely N-dealkylation sites (tertiary alicyclic amines) is 1. The summed E-state index contributed by atoms with van der Waals surface area (Å²) in [6, 6.07) is 16.0. The lowest BCUT2D eigenvalue weighted by atomic mass is 9.74. The smallest absolute Gasteiger partial charge is 0.262 e. The Labute approximate surface area is 307 Å². The second-order valence-electron chi connectivity index (χ2n) is 16.4. The van der Waals surface area contributed by atoms with Gasteiger partial charge in [0.1, 0.15) is 18.3 Å². The standard InChI is InChI=1S/C41H49F3N4O3S/c1-24(42)27-8-13-35-28(18-27)19-36(52-35)38(49)45-33-11-9-31(46(2)22-25-16-29(17-25)37(43)44)20-32-10-12-34(48(32)39(33)50)40(51)47-23-30(21-41(47)14-15-41)26-6-4-3-5-7-26/h3-8,13,18-19,24-25,29-34,37H,9-12,14-17,20-23H2,1-2H3,(H,45,49)/t24-,25?,29?,30-,31+,32-,33+,34+/m1/s1. The van der Waals surface area contributed by atoms with Gasteiger partial charge in [-0.3, -0.25) is 14.4 Å². The maximum Gasteiger partial charge on any atom is 0.262 e. The molecule has 0 bridgehead atoms. The van der Waals surface area contributed by atoms with E-state index in [4.69, 9.17) is 0 Å². The Morgan fingerprint density at radius 3 is 2.48 bits per heavy atom. The Hall–Kier alpha value is -3.44. The van der Waals surface area contributed by atoms with E-state index in [9.17, 15) is 27.6 Å². The minimum absolute atomic E-state index is 0.0252. The number of halogens is 3. The summed E-state index contributed by atoms with van der Waals surface area (Å²) in [5.41, 5.74) is 1.65. The second kappa shape index (κ2) is 14.1. The van der Waals surface area contributed by atoms with E-state index in [1.54, 1.807) is 18.2 Å². The lowest BCUT2D eigenvalue weighted by Crippen LogP contribution is -2.59. The Kier molecular flexibility index (Phi) is 9.64. The predicted octanol–water partition coefficient (Wildman–Crippen LogP) is 7.71. The molecule has 4 heterocycles. The van der Waals surface area contributed by atoms with E-state index in [0.29, 0.717) is 68.5 Å². The molecule has 5 fully saturated rings. The van der Waals surface area contributed by atoms with Crippen molar-refractivity contribution in [2.75, 3.05) is 20.1 Å². The van der Waals surface area contributed by atoms with Gasteiger partial charge in [0.15, 0.2) is 0 Å². The fourth-order valence-corrected chi connectivity index (χ4v) is 10.7. The van der Waals surface area contributed by atoms with Crippen LogP contribution < -0.4 is 5.32 Å². The molecule has 2 saturated carbocycles. The van der Waals surface area contributed by atoms with Crippen molar-refractivity contribution in [3.8, 4) is 0 Å². The van der Waals surface area contributed by atoms with Crippen molar-refractivity contribution >= 4 is 39.1 Å². The lowest BCUT2D eigenvalue weighted by Gasteiger charge is -2.43. The summed E-state index contributed by atoms with van der Waals surface area (Å²) < 4.78 is 41.4. The molecular formula is C41H49F3N4O3S. The SMILES string of the molecule is C[C@@H](F)c1ccc2sc(C(=O)N[C@H]3CC[C@H](N(C)CC4CC(C(F)F)C4)C[C@H]4CC[C@@H](C(=O)N5C[C@H](c6ccccc6)CC56CC6)N4C3=O)cc2c1. The van der Waals surface area contributed by atoms with E-state index in [1.807, 2.05) is 36.2 Å². The first-order valence-electron chi connectivity index (χ1n) is 19.1. The highest BCUT2D eigenvalue weighted by molar-refractivity contribution is 7.20. The van der Waals surface area contributed by atoms with Crippen molar-refractivity contribution in [1.82, 2.24) is 20.0 Å². The number of carbonyl (C=O) groups excluding carboxylic acids is 3. The molecule has 6 atom stereocenters. The Bertz CT molecular complexity index is 1810. The van der Waals surface area contributed by atoms with Crippen LogP contribution in [0.25, 0.3) is 10.1 Å². The van der Waals surface area contributed by atoms with Crippen LogP contribution in [-0.2, 0) is 9.59 Å². The molecule has 5 aliphatic rings. The molecule has 3 amide bonds. The van der Waals surface area contributed by atoms with Gasteiger partial charge in [0.25, 0.3) is 5.91 Å². The van der Waals surface area contributed by atoms with Gasteiger partial charge in [-0.15, -0.1) is 11.3 Å². The maximum absolute atomic E-state index is 14.7. The fourth-order valence-electron chi connectivity index (χ4n) is 9.79. The topological polar surface area (TPSA) is 73.0 Å². The van der Waals surface area contributed by atoms with E-state index in [1.165, 1.54) is 23.8 Å². The zero-order chi connectivity index (χ0) is 36.3. The van der Waals surface area contributed by atoms with Crippen LogP contribution in [0.1, 0.15) is 104 Å². The van der Waals surface area contributed by atoms with Gasteiger partial charge in [-0.25, -0.2) is 13.2 Å². The molecule has 2 aliphatic carbocycles. The van der Waals surface area contributed by atoms with Crippen molar-refractivity contribution in [3.63, 3.8) is 0 Å². The third-order valence-corrected chi connectivity index (χ3v) is 14.1. The number of carbonyl (C=O) groups is 3. The monoisotopic (exact) mass is 734 g/mol. The number of thiophene rings is 1. The number of rotatable bonds is 9. The minimum atomic E-state index is -2.27. The van der Waals surface area contributed by atoms with Crippen LogP contribution in [-0.4, -0.2) is 88.7 Å². The van der Waals surface area contributed by atoms with Crippen LogP contribution in [0.4, 0.5) is 13.2 Å². The molecule has 1 spiro atoms. The van der Waals surface area contributed by atoms with Crippen LogP contribution in [0.5, 0.6) is 0 Å². The zero-order valence-electron chi connectivity index (χ0n) is 30.0. The molecule has 7 nitrogen and oxygen atoms in total. The average Bonchev–Trinajstić information content (AvgIpc) is 3.40. The largest absolute Gasteiger partial charge is 0.340 e. The molecule has 52 heavy (non-hydrogen) atoms. The van der Waals surface area contributed by atoms with Gasteiger partial charge in [-0.2, -0.15) is 0 Å². The van der Waals surface area contributed by atoms with E-state index < -0.39 is 30.6 Å². The number of nitrogens with zero attached hydrogens (tertiary/aromatic N) is 3. The quantitative estimate of drug-likeness (QED) is 0.245. The van der Waals surface area contributed by atoms with Gasteiger partial charge in [0.05, 0.1) is 4.88 Å². The van der Waals surface area contributed by atoms with Crippen LogP contribution in [0, 0.1) is 11.8 Å². The number of nitrogens with one attached hydrogen (secondary N) is 1. The van der Waals surface area contributed by atoms with Crippen molar-refractivity contribution in [2.24, 2.45) is 11.8 Å². The van der Waals surface area contributed by atoms with Gasteiger partial charge in [-0.1, -0.05) is 36.4 Å². The number of hydrogen-bond donors (Lipinski definition) is 1. The third kappa shape index (κ3) is 6.76. The van der Waals surface area contributed by atoms with Crippen LogP contribution in [0.2, 0.25) is 0 Å². The number of benzene rings is 2. The molecule has 1 aromatic heterocycles. The number of amides is 3. The maximum atomic E-state index is 14.7. The molecule has 3 aromatic rings. The van der Waals surface area contributed by atoms with Crippen molar-refractivity contribution in [3.05, 3.63) is 70.6 Å². The Morgan fingerprint density at radius 2 is 1.77 bits per heavy atom. The van der Waals surface area contributed by atoms with E-state index >= 15 is 0 Å². The van der Waals surface area contributed by atoms with Crippen molar-refractivity contribution < 1.29 is 27.6 Å². The molecule has 2 aromatic carbocycles. The Morgan fingerprint density at radius 1 is 1.00 bits per heavy atom. The van der Waals surface area contributed by atoms with Gasteiger partial charge >= 0.3 is 0 Å². The van der Waals surface area contributed by atoms with Gasteiger partial charge < -0.3 is 20.0 Å². The molecular weight excluding hydrogens is 686 g/mol. The highest BCUT2D eigenvalue weighted by atomic mass is 32.1. The average molecular weight is 735 g/mol. The zero-order valence-corrected chi connectivity index (χ0v) is 30.8. The summed E-state index contributed by atoms with van der Waals surface area (Å²) in [6.45, 7) is 2.84. The predicted molar refractivity (Wildman–Crippen MR) is 196 cm³/mol. The fraction of sp³-hybridized carbons (Fsp3) is 0.585. The Balaban J connectivity index is 1.04. The summed E-state index contributed by atoms with van der Waals surface area (Å²) in [7, 11) is 2.05. The minimum Gasteiger partial charge on any atom is -0.340 e. The summed E-state index contributed by atoms with van der Waals surface area (Å²) >= 11 is 1.31. The second-order valence-corrected chi connectivity index (χ2v) is 17.4. The third-order valence-electron chi connectivity index (χ3n) is 13.0. The van der Waals surface area contributed by atoms with Crippen molar-refractivity contribution in [1.29, 1.82) is 0 Å². The summed E-state index contributed by atoms with van der Waals surface area (Å²) in [5.74, 6) is -0.568. The van der Waals surface area contributed by atoms with Crippen molar-refractivity contribution in [2.45, 2.75) is 119 Å². The van der Waals surface area contributed by atoms with E-state index in [-0.39, 0.29) is 47.2 Å². The van der Waals surface area contributed by atoms with Crippen LogP contribution >= 0.6 is 11.3 Å². The summed E-state index contributed by atoms with van der Waals surface area (Å²) in [4.78, 5) is 49.8. The molecule has 3 saturated heterocycles. The van der Waals surface area contributed by atoms with Crippen LogP contribution in [0.3, 0.4) is 0 Å². The number of hydrogen-bond acceptors (Lipinski definition) is 5. The molecule has 0 radical (unpaired) electrons. The highest BCUT2D eigenvalue weighted by Gasteiger charge is 2.58. The van der Waals surface area contributed by atoms with Gasteiger partial charge in [0, 0.05) is 47.2 Å². The van der Waals surface area contributed by atoms with E-state index in [0.717, 1.165) is 29.3 Å². The molecule has 278 valence electrons. The summed E-state index contributed by atoms with van der Waals surface area (Å²) in [6.07, 6.45) is 3.62. The van der Waals surface area contributed by atoms with Gasteiger partial charge in [0.2, 0.25) is 18.2 Å². The van der Waals surface area contributed by atoms with Crippen LogP contribution in [0.15, 0.2) is 54.6 Å². The molecule has 8 rings (SSSR count). The van der Waals surface area contributed by atoms with Gasteiger partial charge in [-0.05, 0) is 119 Å². The highest BCUT2D eigenvalue weighted by Crippen LogP contribution is 2.54. The number of fused-ring (bicyclic) bond motifs is 2. The molecule has 3 aliphatic heterocycles. The molecule has 0 unspecified atom stereocenters. The number of alkyl halides is 3. The first-order valence-corrected chi connectivity index (χ1v) is 20.0. The first-order chi connectivity index (χ1) is 25.0. The molecule has 1 N–H and O–H groups in total.